The first-order valence-corrected chi connectivity index (χ1v) is 6.71. The second-order valence-corrected chi connectivity index (χ2v) is 5.60. The second kappa shape index (κ2) is 6.18. The predicted molar refractivity (Wildman–Crippen MR) is 79.6 cm³/mol. The van der Waals surface area contributed by atoms with E-state index in [1.807, 2.05) is 25.7 Å². The number of hydrogen-bond donors (Lipinski definition) is 1. The van der Waals surface area contributed by atoms with Crippen LogP contribution in [-0.4, -0.2) is 33.4 Å². The van der Waals surface area contributed by atoms with Crippen LogP contribution in [0.1, 0.15) is 30.8 Å². The van der Waals surface area contributed by atoms with Gasteiger partial charge in [-0.25, -0.2) is 0 Å². The van der Waals surface area contributed by atoms with Crippen molar-refractivity contribution >= 4 is 17.3 Å². The van der Waals surface area contributed by atoms with Crippen LogP contribution in [0, 0.1) is 19.8 Å². The van der Waals surface area contributed by atoms with E-state index in [2.05, 4.69) is 36.1 Å². The van der Waals surface area contributed by atoms with Gasteiger partial charge in [0.1, 0.15) is 0 Å². The topological polar surface area (TPSA) is 33.1 Å². The second-order valence-electron chi connectivity index (χ2n) is 5.21. The van der Waals surface area contributed by atoms with Crippen molar-refractivity contribution in [2.24, 2.45) is 13.0 Å². The number of aromatic nitrogens is 2. The minimum atomic E-state index is 0.596. The molecule has 0 aliphatic heterocycles. The lowest BCUT2D eigenvalue weighted by atomic mass is 10.2. The van der Waals surface area contributed by atoms with Crippen LogP contribution >= 0.6 is 12.2 Å². The standard InChI is InChI=1S/C13H24N4S/c1-9(2)7-14-13(18)16(5)8-12-10(3)15-17(6)11(12)4/h9H,7-8H2,1-6H3,(H,14,18). The van der Waals surface area contributed by atoms with Gasteiger partial charge in [-0.05, 0) is 32.0 Å². The molecule has 0 unspecified atom stereocenters. The van der Waals surface area contributed by atoms with Crippen molar-refractivity contribution in [2.75, 3.05) is 13.6 Å². The Morgan fingerprint density at radius 1 is 1.44 bits per heavy atom. The van der Waals surface area contributed by atoms with E-state index in [1.54, 1.807) is 0 Å². The van der Waals surface area contributed by atoms with Crippen LogP contribution in [0.15, 0.2) is 0 Å². The molecule has 1 rings (SSSR count). The fraction of sp³-hybridized carbons (Fsp3) is 0.692. The van der Waals surface area contributed by atoms with E-state index in [1.165, 1.54) is 11.3 Å². The summed E-state index contributed by atoms with van der Waals surface area (Å²) in [5, 5.41) is 8.50. The van der Waals surface area contributed by atoms with Crippen molar-refractivity contribution < 1.29 is 0 Å². The first-order chi connectivity index (χ1) is 8.32. The summed E-state index contributed by atoms with van der Waals surface area (Å²) >= 11 is 5.38. The van der Waals surface area contributed by atoms with Gasteiger partial charge in [0.25, 0.3) is 0 Å². The molecule has 0 radical (unpaired) electrons. The van der Waals surface area contributed by atoms with Crippen molar-refractivity contribution in [1.82, 2.24) is 20.0 Å². The molecule has 1 aromatic heterocycles. The molecule has 0 aliphatic carbocycles. The Balaban J connectivity index is 2.64. The molecule has 0 saturated carbocycles. The van der Waals surface area contributed by atoms with Crippen molar-refractivity contribution in [1.29, 1.82) is 0 Å². The Hall–Kier alpha value is -1.10. The zero-order valence-electron chi connectivity index (χ0n) is 12.2. The molecule has 1 aromatic rings. The molecule has 0 aliphatic rings. The first-order valence-electron chi connectivity index (χ1n) is 6.31. The van der Waals surface area contributed by atoms with Gasteiger partial charge in [-0.1, -0.05) is 13.8 Å². The monoisotopic (exact) mass is 268 g/mol. The van der Waals surface area contributed by atoms with E-state index in [-0.39, 0.29) is 0 Å². The fourth-order valence-electron chi connectivity index (χ4n) is 1.78. The van der Waals surface area contributed by atoms with Gasteiger partial charge in [-0.3, -0.25) is 4.68 Å². The number of aryl methyl sites for hydroxylation is 2. The molecule has 0 spiro atoms. The van der Waals surface area contributed by atoms with E-state index in [0.29, 0.717) is 5.92 Å². The smallest absolute Gasteiger partial charge is 0.168 e. The Bertz CT molecular complexity index is 423. The fourth-order valence-corrected chi connectivity index (χ4v) is 1.93. The number of hydrogen-bond acceptors (Lipinski definition) is 2. The summed E-state index contributed by atoms with van der Waals surface area (Å²) in [4.78, 5) is 2.06. The molecule has 102 valence electrons. The normalized spacial score (nSPS) is 10.8. The van der Waals surface area contributed by atoms with Gasteiger partial charge in [0.05, 0.1) is 5.69 Å². The maximum absolute atomic E-state index is 5.38. The summed E-state index contributed by atoms with van der Waals surface area (Å²) in [5.41, 5.74) is 3.54. The van der Waals surface area contributed by atoms with E-state index >= 15 is 0 Å². The lowest BCUT2D eigenvalue weighted by molar-refractivity contribution is 0.477. The van der Waals surface area contributed by atoms with Crippen molar-refractivity contribution in [3.8, 4) is 0 Å². The predicted octanol–water partition coefficient (Wildman–Crippen LogP) is 2.00. The molecule has 0 fully saturated rings. The number of rotatable bonds is 4. The molecule has 1 N–H and O–H groups in total. The molecule has 4 nitrogen and oxygen atoms in total. The summed E-state index contributed by atoms with van der Waals surface area (Å²) in [6, 6.07) is 0. The third-order valence-corrected chi connectivity index (χ3v) is 3.52. The Labute approximate surface area is 115 Å². The number of nitrogens with zero attached hydrogens (tertiary/aromatic N) is 3. The minimum Gasteiger partial charge on any atom is -0.362 e. The van der Waals surface area contributed by atoms with Crippen molar-refractivity contribution in [2.45, 2.75) is 34.2 Å². The zero-order chi connectivity index (χ0) is 13.9. The molecule has 0 amide bonds. The molecule has 0 bridgehead atoms. The van der Waals surface area contributed by atoms with E-state index < -0.39 is 0 Å². The van der Waals surface area contributed by atoms with Gasteiger partial charge in [0.2, 0.25) is 0 Å². The Morgan fingerprint density at radius 3 is 2.50 bits per heavy atom. The Morgan fingerprint density at radius 2 is 2.06 bits per heavy atom. The average molecular weight is 268 g/mol. The molecule has 0 atom stereocenters. The van der Waals surface area contributed by atoms with Crippen LogP contribution in [0.2, 0.25) is 0 Å². The highest BCUT2D eigenvalue weighted by Crippen LogP contribution is 2.13. The van der Waals surface area contributed by atoms with Crippen LogP contribution in [0.4, 0.5) is 0 Å². The molecule has 1 heterocycles. The lowest BCUT2D eigenvalue weighted by Crippen LogP contribution is -2.38. The van der Waals surface area contributed by atoms with Gasteiger partial charge >= 0.3 is 0 Å². The first kappa shape index (κ1) is 15.0. The highest BCUT2D eigenvalue weighted by Gasteiger charge is 2.13. The maximum atomic E-state index is 5.38. The Kier molecular flexibility index (Phi) is 5.14. The van der Waals surface area contributed by atoms with Gasteiger partial charge < -0.3 is 10.2 Å². The van der Waals surface area contributed by atoms with Gasteiger partial charge in [0.15, 0.2) is 5.11 Å². The van der Waals surface area contributed by atoms with E-state index in [9.17, 15) is 0 Å². The van der Waals surface area contributed by atoms with E-state index in [4.69, 9.17) is 12.2 Å². The molecule has 5 heteroatoms. The average Bonchev–Trinajstić information content (AvgIpc) is 2.52. The summed E-state index contributed by atoms with van der Waals surface area (Å²) in [6.07, 6.45) is 0. The minimum absolute atomic E-state index is 0.596. The maximum Gasteiger partial charge on any atom is 0.168 e. The number of thiocarbonyl (C=S) groups is 1. The summed E-state index contributed by atoms with van der Waals surface area (Å²) in [7, 11) is 3.99. The van der Waals surface area contributed by atoms with Crippen molar-refractivity contribution in [3.63, 3.8) is 0 Å². The van der Waals surface area contributed by atoms with Gasteiger partial charge in [-0.2, -0.15) is 5.10 Å². The SMILES string of the molecule is Cc1nn(C)c(C)c1CN(C)C(=S)NCC(C)C. The molecule has 18 heavy (non-hydrogen) atoms. The summed E-state index contributed by atoms with van der Waals surface area (Å²) < 4.78 is 1.92. The summed E-state index contributed by atoms with van der Waals surface area (Å²) in [5.74, 6) is 0.596. The third kappa shape index (κ3) is 3.70. The highest BCUT2D eigenvalue weighted by molar-refractivity contribution is 7.80. The molecular weight excluding hydrogens is 244 g/mol. The van der Waals surface area contributed by atoms with Crippen LogP contribution in [-0.2, 0) is 13.6 Å². The molecular formula is C13H24N4S. The highest BCUT2D eigenvalue weighted by atomic mass is 32.1. The van der Waals surface area contributed by atoms with Gasteiger partial charge in [-0.15, -0.1) is 0 Å². The molecule has 0 saturated heterocycles. The van der Waals surface area contributed by atoms with Gasteiger partial charge in [0, 0.05) is 38.4 Å². The zero-order valence-corrected chi connectivity index (χ0v) is 13.1. The summed E-state index contributed by atoms with van der Waals surface area (Å²) in [6.45, 7) is 10.2. The van der Waals surface area contributed by atoms with Crippen LogP contribution in [0.5, 0.6) is 0 Å². The van der Waals surface area contributed by atoms with Crippen LogP contribution in [0.25, 0.3) is 0 Å². The quantitative estimate of drug-likeness (QED) is 0.847. The van der Waals surface area contributed by atoms with E-state index in [0.717, 1.165) is 23.9 Å². The van der Waals surface area contributed by atoms with Crippen LogP contribution < -0.4 is 5.32 Å². The largest absolute Gasteiger partial charge is 0.362 e. The lowest BCUT2D eigenvalue weighted by Gasteiger charge is -2.22. The number of nitrogens with one attached hydrogen (secondary N) is 1. The van der Waals surface area contributed by atoms with Crippen molar-refractivity contribution in [3.05, 3.63) is 17.0 Å². The third-order valence-electron chi connectivity index (χ3n) is 3.06. The van der Waals surface area contributed by atoms with Crippen LogP contribution in [0.3, 0.4) is 0 Å². The molecule has 0 aromatic carbocycles.